The number of esters is 1. The highest BCUT2D eigenvalue weighted by atomic mass is 35.7. The maximum atomic E-state index is 12.5. The Hall–Kier alpha value is -1.13. The number of hydrogen-bond donors (Lipinski definition) is 0. The predicted molar refractivity (Wildman–Crippen MR) is 69.9 cm³/mol. The summed E-state index contributed by atoms with van der Waals surface area (Å²) in [6.07, 6.45) is -4.46. The Bertz CT molecular complexity index is 505. The van der Waals surface area contributed by atoms with Gasteiger partial charge in [0.25, 0.3) is 0 Å². The zero-order valence-electron chi connectivity index (χ0n) is 10.3. The van der Waals surface area contributed by atoms with E-state index in [1.165, 1.54) is 19.1 Å². The van der Waals surface area contributed by atoms with Crippen molar-refractivity contribution in [3.63, 3.8) is 0 Å². The van der Waals surface area contributed by atoms with Crippen LogP contribution in [0.2, 0.25) is 0 Å². The van der Waals surface area contributed by atoms with E-state index >= 15 is 0 Å². The van der Waals surface area contributed by atoms with Gasteiger partial charge in [-0.3, -0.25) is 9.59 Å². The van der Waals surface area contributed by atoms with E-state index in [1.807, 2.05) is 0 Å². The summed E-state index contributed by atoms with van der Waals surface area (Å²) in [5.41, 5.74) is -1.70. The first kappa shape index (κ1) is 16.9. The molecule has 0 radical (unpaired) electrons. The molecule has 0 heterocycles. The first-order valence-electron chi connectivity index (χ1n) is 5.45. The number of ketones is 1. The van der Waals surface area contributed by atoms with Crippen LogP contribution in [0.1, 0.15) is 18.1 Å². The largest absolute Gasteiger partial charge is 0.460 e. The number of alkyl halides is 3. The van der Waals surface area contributed by atoms with Crippen LogP contribution in [0, 0.1) is 0 Å². The van der Waals surface area contributed by atoms with Crippen molar-refractivity contribution in [3.05, 3.63) is 35.4 Å². The highest BCUT2D eigenvalue weighted by Gasteiger charge is 2.30. The van der Waals surface area contributed by atoms with Crippen LogP contribution < -0.4 is 0 Å². The molecule has 0 saturated heterocycles. The summed E-state index contributed by atoms with van der Waals surface area (Å²) in [6.45, 7) is 0.861. The van der Waals surface area contributed by atoms with Gasteiger partial charge in [0.1, 0.15) is 18.0 Å². The number of Topliss-reactive ketones (excluding diaryl/α,β-unsaturated/α-hetero) is 1. The van der Waals surface area contributed by atoms with Crippen molar-refractivity contribution in [2.75, 3.05) is 0 Å². The molecular weight excluding hydrogens is 316 g/mol. The van der Waals surface area contributed by atoms with Gasteiger partial charge in [-0.2, -0.15) is 13.2 Å². The molecule has 0 aliphatic carbocycles. The molecule has 0 aliphatic heterocycles. The molecule has 0 amide bonds. The molecule has 3 nitrogen and oxygen atoms in total. The van der Waals surface area contributed by atoms with Crippen LogP contribution in [-0.2, 0) is 27.1 Å². The molecule has 2 atom stereocenters. The van der Waals surface area contributed by atoms with E-state index in [0.29, 0.717) is 0 Å². The van der Waals surface area contributed by atoms with Crippen LogP contribution in [0.5, 0.6) is 0 Å². The number of ether oxygens (including phenoxy) is 1. The monoisotopic (exact) mass is 326 g/mol. The lowest BCUT2D eigenvalue weighted by Gasteiger charge is -2.11. The molecule has 1 aromatic carbocycles. The summed E-state index contributed by atoms with van der Waals surface area (Å²) in [7, 11) is -0.466. The predicted octanol–water partition coefficient (Wildman–Crippen LogP) is 3.54. The normalized spacial score (nSPS) is 13.4. The minimum atomic E-state index is -4.46. The molecule has 0 bridgehead atoms. The summed E-state index contributed by atoms with van der Waals surface area (Å²) < 4.78 is 42.3. The Balaban J connectivity index is 2.71. The maximum absolute atomic E-state index is 12.5. The fourth-order valence-electron chi connectivity index (χ4n) is 1.36. The molecule has 110 valence electrons. The van der Waals surface area contributed by atoms with Crippen molar-refractivity contribution in [1.29, 1.82) is 0 Å². The maximum Gasteiger partial charge on any atom is 0.416 e. The standard InChI is InChI=1S/C12H11ClF3O3P/c1-7(17)10(20-13)11(18)19-6-8-3-2-4-9(5-8)12(14,15)16/h2-5,10,20H,6H2,1H3. The van der Waals surface area contributed by atoms with Crippen LogP contribution in [0.4, 0.5) is 13.2 Å². The average molecular weight is 327 g/mol. The molecule has 0 saturated carbocycles. The van der Waals surface area contributed by atoms with E-state index in [9.17, 15) is 22.8 Å². The van der Waals surface area contributed by atoms with Gasteiger partial charge in [-0.15, -0.1) is 0 Å². The fraction of sp³-hybridized carbons (Fsp3) is 0.333. The van der Waals surface area contributed by atoms with Crippen LogP contribution >= 0.6 is 19.2 Å². The molecule has 1 aromatic rings. The van der Waals surface area contributed by atoms with Gasteiger partial charge >= 0.3 is 12.1 Å². The molecule has 0 aromatic heterocycles. The van der Waals surface area contributed by atoms with Gasteiger partial charge in [0.05, 0.1) is 5.56 Å². The van der Waals surface area contributed by atoms with Crippen molar-refractivity contribution in [1.82, 2.24) is 0 Å². The molecule has 0 spiro atoms. The van der Waals surface area contributed by atoms with Gasteiger partial charge in [0, 0.05) is 0 Å². The first-order chi connectivity index (χ1) is 9.25. The van der Waals surface area contributed by atoms with Gasteiger partial charge in [0.15, 0.2) is 0 Å². The molecular formula is C12H11ClF3O3P. The van der Waals surface area contributed by atoms with Crippen molar-refractivity contribution in [2.45, 2.75) is 25.4 Å². The van der Waals surface area contributed by atoms with Crippen molar-refractivity contribution >= 4 is 30.9 Å². The Labute approximate surface area is 120 Å². The van der Waals surface area contributed by atoms with E-state index in [2.05, 4.69) is 0 Å². The number of carbonyl (C=O) groups is 2. The summed E-state index contributed by atoms with van der Waals surface area (Å²) >= 11 is 5.48. The lowest BCUT2D eigenvalue weighted by Crippen LogP contribution is -2.25. The quantitative estimate of drug-likeness (QED) is 0.472. The molecule has 2 unspecified atom stereocenters. The number of carbonyl (C=O) groups excluding carboxylic acids is 2. The van der Waals surface area contributed by atoms with Gasteiger partial charge < -0.3 is 4.74 Å². The van der Waals surface area contributed by atoms with Crippen molar-refractivity contribution in [2.24, 2.45) is 0 Å². The molecule has 0 N–H and O–H groups in total. The number of benzene rings is 1. The van der Waals surface area contributed by atoms with E-state index in [-0.39, 0.29) is 12.2 Å². The zero-order valence-corrected chi connectivity index (χ0v) is 12.1. The van der Waals surface area contributed by atoms with E-state index in [1.54, 1.807) is 0 Å². The lowest BCUT2D eigenvalue weighted by molar-refractivity contribution is -0.146. The summed E-state index contributed by atoms with van der Waals surface area (Å²) in [5.74, 6) is -1.27. The molecule has 1 rings (SSSR count). The number of hydrogen-bond acceptors (Lipinski definition) is 3. The number of halogens is 4. The van der Waals surface area contributed by atoms with Gasteiger partial charge in [0.2, 0.25) is 0 Å². The van der Waals surface area contributed by atoms with E-state index in [0.717, 1.165) is 12.1 Å². The molecule has 0 aliphatic rings. The summed E-state index contributed by atoms with van der Waals surface area (Å²) in [5, 5.41) is 0. The molecule has 8 heteroatoms. The third-order valence-electron chi connectivity index (χ3n) is 2.39. The average Bonchev–Trinajstić information content (AvgIpc) is 2.36. The topological polar surface area (TPSA) is 43.4 Å². The Kier molecular flexibility index (Phi) is 5.96. The summed E-state index contributed by atoms with van der Waals surface area (Å²) in [4.78, 5) is 22.6. The minimum absolute atomic E-state index is 0.188. The van der Waals surface area contributed by atoms with Gasteiger partial charge in [-0.1, -0.05) is 23.4 Å². The van der Waals surface area contributed by atoms with Crippen LogP contribution in [0.15, 0.2) is 24.3 Å². The smallest absolute Gasteiger partial charge is 0.416 e. The van der Waals surface area contributed by atoms with E-state index in [4.69, 9.17) is 16.0 Å². The second kappa shape index (κ2) is 7.04. The van der Waals surface area contributed by atoms with Gasteiger partial charge in [-0.05, 0) is 32.6 Å². The third-order valence-corrected chi connectivity index (χ3v) is 3.90. The van der Waals surface area contributed by atoms with Gasteiger partial charge in [-0.25, -0.2) is 0 Å². The minimum Gasteiger partial charge on any atom is -0.460 e. The number of rotatable bonds is 5. The van der Waals surface area contributed by atoms with Crippen LogP contribution in [0.25, 0.3) is 0 Å². The third kappa shape index (κ3) is 4.76. The first-order valence-corrected chi connectivity index (χ1v) is 7.54. The molecule has 0 fully saturated rings. The fourth-order valence-corrected chi connectivity index (χ4v) is 2.42. The Morgan fingerprint density at radius 3 is 2.55 bits per heavy atom. The Morgan fingerprint density at radius 2 is 2.05 bits per heavy atom. The van der Waals surface area contributed by atoms with Crippen molar-refractivity contribution in [3.8, 4) is 0 Å². The highest BCUT2D eigenvalue weighted by Crippen LogP contribution is 2.30. The second-order valence-electron chi connectivity index (χ2n) is 3.96. The highest BCUT2D eigenvalue weighted by molar-refractivity contribution is 7.70. The Morgan fingerprint density at radius 1 is 1.40 bits per heavy atom. The summed E-state index contributed by atoms with van der Waals surface area (Å²) in [6, 6.07) is 4.43. The van der Waals surface area contributed by atoms with Crippen LogP contribution in [-0.4, -0.2) is 17.4 Å². The van der Waals surface area contributed by atoms with E-state index < -0.39 is 37.1 Å². The second-order valence-corrected chi connectivity index (χ2v) is 5.41. The lowest BCUT2D eigenvalue weighted by atomic mass is 10.1. The molecule has 20 heavy (non-hydrogen) atoms. The zero-order chi connectivity index (χ0) is 15.3. The van der Waals surface area contributed by atoms with Crippen molar-refractivity contribution < 1.29 is 27.5 Å². The SMILES string of the molecule is CC(=O)C(PCl)C(=O)OCc1cccc(C(F)(F)F)c1. The van der Waals surface area contributed by atoms with Crippen LogP contribution in [0.3, 0.4) is 0 Å².